The van der Waals surface area contributed by atoms with Gasteiger partial charge >= 0.3 is 0 Å². The maximum absolute atomic E-state index is 12.5. The van der Waals surface area contributed by atoms with Crippen LogP contribution in [0.15, 0.2) is 34.7 Å². The number of benzene rings is 1. The van der Waals surface area contributed by atoms with Crippen molar-refractivity contribution < 1.29 is 9.21 Å². The Kier molecular flexibility index (Phi) is 5.81. The van der Waals surface area contributed by atoms with Crippen LogP contribution < -0.4 is 0 Å². The van der Waals surface area contributed by atoms with Gasteiger partial charge in [0, 0.05) is 37.5 Å². The fraction of sp³-hybridized carbons (Fsp3) is 0.526. The van der Waals surface area contributed by atoms with Crippen LogP contribution in [0.3, 0.4) is 0 Å². The lowest BCUT2D eigenvalue weighted by atomic mass is 10.2. The molecule has 1 aliphatic heterocycles. The Balaban J connectivity index is 1.51. The molecule has 25 heavy (non-hydrogen) atoms. The summed E-state index contributed by atoms with van der Waals surface area (Å²) in [6.07, 6.45) is 1.97. The minimum atomic E-state index is 0.175. The zero-order valence-corrected chi connectivity index (χ0v) is 15.0. The highest BCUT2D eigenvalue weighted by Gasteiger charge is 2.29. The van der Waals surface area contributed by atoms with Crippen LogP contribution in [-0.2, 0) is 11.2 Å². The number of carbonyl (C=O) groups is 1. The smallest absolute Gasteiger partial charge is 0.247 e. The maximum atomic E-state index is 12.5. The highest BCUT2D eigenvalue weighted by Crippen LogP contribution is 2.19. The molecule has 0 N–H and O–H groups in total. The number of rotatable bonds is 7. The number of aromatic nitrogens is 2. The molecule has 1 saturated heterocycles. The summed E-state index contributed by atoms with van der Waals surface area (Å²) in [6.45, 7) is 8.10. The van der Waals surface area contributed by atoms with Crippen LogP contribution in [0.25, 0.3) is 11.5 Å². The van der Waals surface area contributed by atoms with Crippen LogP contribution in [0, 0.1) is 0 Å². The third kappa shape index (κ3) is 4.25. The van der Waals surface area contributed by atoms with Crippen LogP contribution in [-0.4, -0.2) is 58.1 Å². The Morgan fingerprint density at radius 1 is 1.24 bits per heavy atom. The second-order valence-electron chi connectivity index (χ2n) is 6.37. The third-order valence-corrected chi connectivity index (χ3v) is 4.89. The van der Waals surface area contributed by atoms with Gasteiger partial charge in [-0.25, -0.2) is 0 Å². The Hall–Kier alpha value is -2.21. The first-order valence-corrected chi connectivity index (χ1v) is 9.10. The van der Waals surface area contributed by atoms with Crippen LogP contribution in [0.2, 0.25) is 0 Å². The van der Waals surface area contributed by atoms with Gasteiger partial charge in [0.2, 0.25) is 17.7 Å². The lowest BCUT2D eigenvalue weighted by Crippen LogP contribution is -2.38. The van der Waals surface area contributed by atoms with E-state index in [2.05, 4.69) is 28.9 Å². The molecular formula is C19H26N4O2. The van der Waals surface area contributed by atoms with E-state index in [1.807, 2.05) is 35.2 Å². The minimum Gasteiger partial charge on any atom is -0.421 e. The zero-order chi connectivity index (χ0) is 17.6. The van der Waals surface area contributed by atoms with E-state index in [0.717, 1.165) is 38.2 Å². The van der Waals surface area contributed by atoms with Crippen molar-refractivity contribution in [3.8, 4) is 11.5 Å². The molecule has 2 aromatic rings. The largest absolute Gasteiger partial charge is 0.421 e. The summed E-state index contributed by atoms with van der Waals surface area (Å²) in [7, 11) is 0. The predicted octanol–water partition coefficient (Wildman–Crippen LogP) is 2.61. The van der Waals surface area contributed by atoms with Gasteiger partial charge in [0.05, 0.1) is 0 Å². The Labute approximate surface area is 148 Å². The van der Waals surface area contributed by atoms with Gasteiger partial charge in [0.15, 0.2) is 0 Å². The van der Waals surface area contributed by atoms with E-state index >= 15 is 0 Å². The second kappa shape index (κ2) is 8.25. The van der Waals surface area contributed by atoms with E-state index in [1.165, 1.54) is 0 Å². The van der Waals surface area contributed by atoms with Gasteiger partial charge in [-0.15, -0.1) is 10.2 Å². The highest BCUT2D eigenvalue weighted by molar-refractivity contribution is 5.76. The first-order valence-electron chi connectivity index (χ1n) is 9.10. The van der Waals surface area contributed by atoms with Crippen molar-refractivity contribution in [3.63, 3.8) is 0 Å². The molecule has 1 aromatic heterocycles. The van der Waals surface area contributed by atoms with Gasteiger partial charge in [0.1, 0.15) is 0 Å². The highest BCUT2D eigenvalue weighted by atomic mass is 16.4. The van der Waals surface area contributed by atoms with E-state index in [0.29, 0.717) is 30.7 Å². The van der Waals surface area contributed by atoms with Crippen molar-refractivity contribution in [2.45, 2.75) is 39.2 Å². The molecule has 0 saturated carbocycles. The van der Waals surface area contributed by atoms with Gasteiger partial charge in [0.25, 0.3) is 0 Å². The number of amides is 1. The molecule has 1 unspecified atom stereocenters. The van der Waals surface area contributed by atoms with E-state index < -0.39 is 0 Å². The average Bonchev–Trinajstić information content (AvgIpc) is 3.32. The summed E-state index contributed by atoms with van der Waals surface area (Å²) in [5.74, 6) is 1.20. The van der Waals surface area contributed by atoms with E-state index in [9.17, 15) is 4.79 Å². The number of likely N-dealkylation sites (tertiary alicyclic amines) is 1. The first kappa shape index (κ1) is 17.6. The summed E-state index contributed by atoms with van der Waals surface area (Å²) >= 11 is 0. The molecule has 1 aromatic carbocycles. The molecule has 6 nitrogen and oxygen atoms in total. The minimum absolute atomic E-state index is 0.175. The van der Waals surface area contributed by atoms with Gasteiger partial charge in [-0.2, -0.15) is 0 Å². The molecule has 1 aliphatic rings. The van der Waals surface area contributed by atoms with Crippen molar-refractivity contribution in [2.24, 2.45) is 0 Å². The molecule has 0 bridgehead atoms. The van der Waals surface area contributed by atoms with Crippen LogP contribution >= 0.6 is 0 Å². The number of nitrogens with zero attached hydrogens (tertiary/aromatic N) is 4. The maximum Gasteiger partial charge on any atom is 0.247 e. The summed E-state index contributed by atoms with van der Waals surface area (Å²) in [5, 5.41) is 8.14. The van der Waals surface area contributed by atoms with Crippen LogP contribution in [0.1, 0.15) is 32.6 Å². The summed E-state index contributed by atoms with van der Waals surface area (Å²) < 4.78 is 5.68. The van der Waals surface area contributed by atoms with Gasteiger partial charge in [-0.3, -0.25) is 9.69 Å². The molecular weight excluding hydrogens is 316 g/mol. The summed E-state index contributed by atoms with van der Waals surface area (Å²) in [4.78, 5) is 16.9. The van der Waals surface area contributed by atoms with Gasteiger partial charge in [-0.1, -0.05) is 32.0 Å². The molecule has 6 heteroatoms. The molecule has 1 amide bonds. The number of hydrogen-bond acceptors (Lipinski definition) is 5. The molecule has 0 aliphatic carbocycles. The Morgan fingerprint density at radius 3 is 2.72 bits per heavy atom. The fourth-order valence-corrected chi connectivity index (χ4v) is 3.43. The normalized spacial score (nSPS) is 17.4. The van der Waals surface area contributed by atoms with E-state index in [1.54, 1.807) is 0 Å². The number of carbonyl (C=O) groups excluding carboxylic acids is 1. The number of likely N-dealkylation sites (N-methyl/N-ethyl adjacent to an activating group) is 1. The molecule has 0 radical (unpaired) electrons. The Morgan fingerprint density at radius 2 is 2.00 bits per heavy atom. The van der Waals surface area contributed by atoms with Crippen molar-refractivity contribution in [3.05, 3.63) is 36.2 Å². The first-order chi connectivity index (χ1) is 12.2. The lowest BCUT2D eigenvalue weighted by Gasteiger charge is -2.26. The van der Waals surface area contributed by atoms with E-state index in [4.69, 9.17) is 4.42 Å². The zero-order valence-electron chi connectivity index (χ0n) is 15.0. The predicted molar refractivity (Wildman–Crippen MR) is 96.0 cm³/mol. The van der Waals surface area contributed by atoms with Crippen molar-refractivity contribution in [2.75, 3.05) is 26.2 Å². The Bertz CT molecular complexity index is 682. The van der Waals surface area contributed by atoms with Crippen LogP contribution in [0.4, 0.5) is 0 Å². The quantitative estimate of drug-likeness (QED) is 0.774. The van der Waals surface area contributed by atoms with Crippen molar-refractivity contribution >= 4 is 5.91 Å². The third-order valence-electron chi connectivity index (χ3n) is 4.89. The lowest BCUT2D eigenvalue weighted by molar-refractivity contribution is -0.130. The van der Waals surface area contributed by atoms with E-state index in [-0.39, 0.29) is 5.91 Å². The number of hydrogen-bond donors (Lipinski definition) is 0. The summed E-state index contributed by atoms with van der Waals surface area (Å²) in [5.41, 5.74) is 0.897. The SMILES string of the molecule is CCN(CC)C1CCN(C(=O)CCc2nnc(-c3ccccc3)o2)C1. The molecule has 1 fully saturated rings. The van der Waals surface area contributed by atoms with Crippen molar-refractivity contribution in [1.29, 1.82) is 0 Å². The van der Waals surface area contributed by atoms with Gasteiger partial charge in [-0.05, 0) is 31.6 Å². The van der Waals surface area contributed by atoms with Gasteiger partial charge < -0.3 is 9.32 Å². The fourth-order valence-electron chi connectivity index (χ4n) is 3.43. The van der Waals surface area contributed by atoms with Crippen molar-refractivity contribution in [1.82, 2.24) is 20.0 Å². The molecule has 1 atom stereocenters. The molecule has 3 rings (SSSR count). The molecule has 134 valence electrons. The van der Waals surface area contributed by atoms with Crippen LogP contribution in [0.5, 0.6) is 0 Å². The molecule has 0 spiro atoms. The topological polar surface area (TPSA) is 62.5 Å². The molecule has 2 heterocycles. The standard InChI is InChI=1S/C19H26N4O2/c1-3-22(4-2)16-12-13-23(14-16)18(24)11-10-17-20-21-19(25-17)15-8-6-5-7-9-15/h5-9,16H,3-4,10-14H2,1-2H3. The monoisotopic (exact) mass is 342 g/mol. The second-order valence-corrected chi connectivity index (χ2v) is 6.37. The average molecular weight is 342 g/mol. The number of aryl methyl sites for hydroxylation is 1. The summed E-state index contributed by atoms with van der Waals surface area (Å²) in [6, 6.07) is 10.2.